The summed E-state index contributed by atoms with van der Waals surface area (Å²) in [7, 11) is 0. The van der Waals surface area contributed by atoms with Crippen LogP contribution in [0.3, 0.4) is 0 Å². The van der Waals surface area contributed by atoms with E-state index >= 15 is 0 Å². The molecule has 1 aliphatic rings. The van der Waals surface area contributed by atoms with Gasteiger partial charge in [-0.25, -0.2) is 4.98 Å². The standard InChI is InChI=1S/C14H15N3OS/c1-9-7-16-12(8-15-9)14(18)17-5-3-13-11(10(17)2)4-6-19-13/h4,6-8,10H,3,5H2,1-2H3. The van der Waals surface area contributed by atoms with Crippen molar-refractivity contribution in [2.24, 2.45) is 0 Å². The molecule has 0 aliphatic carbocycles. The Kier molecular flexibility index (Phi) is 3.06. The summed E-state index contributed by atoms with van der Waals surface area (Å²) in [6.07, 6.45) is 4.13. The molecule has 0 bridgehead atoms. The third-order valence-electron chi connectivity index (χ3n) is 3.54. The Morgan fingerprint density at radius 3 is 3.00 bits per heavy atom. The zero-order chi connectivity index (χ0) is 13.4. The van der Waals surface area contributed by atoms with Crippen LogP contribution < -0.4 is 0 Å². The van der Waals surface area contributed by atoms with Crippen molar-refractivity contribution in [2.75, 3.05) is 6.54 Å². The number of carbonyl (C=O) groups is 1. The first-order valence-corrected chi connectivity index (χ1v) is 7.20. The summed E-state index contributed by atoms with van der Waals surface area (Å²) in [4.78, 5) is 24.1. The second kappa shape index (κ2) is 4.74. The molecule has 1 unspecified atom stereocenters. The molecule has 1 aliphatic heterocycles. The van der Waals surface area contributed by atoms with Crippen LogP contribution in [-0.2, 0) is 6.42 Å². The predicted molar refractivity (Wildman–Crippen MR) is 74.2 cm³/mol. The molecule has 0 saturated carbocycles. The van der Waals surface area contributed by atoms with Crippen molar-refractivity contribution in [3.05, 3.63) is 45.7 Å². The van der Waals surface area contributed by atoms with Crippen LogP contribution in [0.1, 0.15) is 39.6 Å². The number of aryl methyl sites for hydroxylation is 1. The molecule has 1 atom stereocenters. The second-order valence-corrected chi connectivity index (χ2v) is 5.77. The Balaban J connectivity index is 1.87. The van der Waals surface area contributed by atoms with E-state index in [1.54, 1.807) is 23.7 Å². The van der Waals surface area contributed by atoms with E-state index in [0.717, 1.165) is 18.7 Å². The Hall–Kier alpha value is -1.75. The maximum absolute atomic E-state index is 12.5. The Bertz CT molecular complexity index is 605. The number of fused-ring (bicyclic) bond motifs is 1. The van der Waals surface area contributed by atoms with Gasteiger partial charge in [0.15, 0.2) is 0 Å². The monoisotopic (exact) mass is 273 g/mol. The van der Waals surface area contributed by atoms with Crippen molar-refractivity contribution in [1.82, 2.24) is 14.9 Å². The van der Waals surface area contributed by atoms with Gasteiger partial charge < -0.3 is 4.90 Å². The van der Waals surface area contributed by atoms with Crippen LogP contribution in [0, 0.1) is 6.92 Å². The van der Waals surface area contributed by atoms with E-state index < -0.39 is 0 Å². The van der Waals surface area contributed by atoms with Crippen LogP contribution in [0.2, 0.25) is 0 Å². The van der Waals surface area contributed by atoms with Crippen molar-refractivity contribution in [3.8, 4) is 0 Å². The summed E-state index contributed by atoms with van der Waals surface area (Å²) >= 11 is 1.77. The van der Waals surface area contributed by atoms with Crippen LogP contribution in [0.25, 0.3) is 0 Å². The van der Waals surface area contributed by atoms with Gasteiger partial charge in [0.1, 0.15) is 5.69 Å². The Labute approximate surface area is 116 Å². The van der Waals surface area contributed by atoms with Crippen LogP contribution >= 0.6 is 11.3 Å². The largest absolute Gasteiger partial charge is 0.330 e. The zero-order valence-corrected chi connectivity index (χ0v) is 11.8. The maximum atomic E-state index is 12.5. The normalized spacial score (nSPS) is 18.2. The van der Waals surface area contributed by atoms with E-state index in [1.165, 1.54) is 10.4 Å². The molecule has 4 nitrogen and oxygen atoms in total. The van der Waals surface area contributed by atoms with Gasteiger partial charge in [0.05, 0.1) is 17.9 Å². The number of hydrogen-bond donors (Lipinski definition) is 0. The molecule has 0 radical (unpaired) electrons. The number of amides is 1. The third-order valence-corrected chi connectivity index (χ3v) is 4.53. The van der Waals surface area contributed by atoms with Crippen molar-refractivity contribution in [1.29, 1.82) is 0 Å². The number of hydrogen-bond acceptors (Lipinski definition) is 4. The molecule has 1 amide bonds. The molecule has 3 rings (SSSR count). The van der Waals surface area contributed by atoms with Gasteiger partial charge in [0, 0.05) is 17.6 Å². The van der Waals surface area contributed by atoms with Crippen LogP contribution in [0.4, 0.5) is 0 Å². The lowest BCUT2D eigenvalue weighted by Crippen LogP contribution is -2.38. The topological polar surface area (TPSA) is 46.1 Å². The van der Waals surface area contributed by atoms with Gasteiger partial charge in [0.2, 0.25) is 0 Å². The molecule has 19 heavy (non-hydrogen) atoms. The first-order valence-electron chi connectivity index (χ1n) is 6.32. The molecule has 0 fully saturated rings. The highest BCUT2D eigenvalue weighted by Gasteiger charge is 2.29. The van der Waals surface area contributed by atoms with Gasteiger partial charge >= 0.3 is 0 Å². The van der Waals surface area contributed by atoms with Crippen LogP contribution in [0.15, 0.2) is 23.8 Å². The minimum Gasteiger partial charge on any atom is -0.330 e. The van der Waals surface area contributed by atoms with Gasteiger partial charge in [-0.15, -0.1) is 11.3 Å². The van der Waals surface area contributed by atoms with Gasteiger partial charge in [-0.1, -0.05) is 0 Å². The molecule has 0 spiro atoms. The first kappa shape index (κ1) is 12.3. The van der Waals surface area contributed by atoms with E-state index in [0.29, 0.717) is 5.69 Å². The lowest BCUT2D eigenvalue weighted by Gasteiger charge is -2.33. The lowest BCUT2D eigenvalue weighted by molar-refractivity contribution is 0.0673. The predicted octanol–water partition coefficient (Wildman–Crippen LogP) is 2.61. The van der Waals surface area contributed by atoms with Gasteiger partial charge in [-0.3, -0.25) is 9.78 Å². The fourth-order valence-electron chi connectivity index (χ4n) is 2.44. The van der Waals surface area contributed by atoms with E-state index in [1.807, 2.05) is 11.8 Å². The van der Waals surface area contributed by atoms with Crippen LogP contribution in [0.5, 0.6) is 0 Å². The zero-order valence-electron chi connectivity index (χ0n) is 11.0. The van der Waals surface area contributed by atoms with Crippen molar-refractivity contribution in [3.63, 3.8) is 0 Å². The van der Waals surface area contributed by atoms with E-state index in [2.05, 4.69) is 28.3 Å². The molecule has 2 aromatic heterocycles. The van der Waals surface area contributed by atoms with Gasteiger partial charge in [-0.05, 0) is 37.3 Å². The fourth-order valence-corrected chi connectivity index (χ4v) is 3.40. The average molecular weight is 273 g/mol. The van der Waals surface area contributed by atoms with E-state index in [9.17, 15) is 4.79 Å². The third kappa shape index (κ3) is 2.14. The molecule has 5 heteroatoms. The molecule has 0 saturated heterocycles. The van der Waals surface area contributed by atoms with Crippen molar-refractivity contribution >= 4 is 17.2 Å². The van der Waals surface area contributed by atoms with Gasteiger partial charge in [-0.2, -0.15) is 0 Å². The number of nitrogens with zero attached hydrogens (tertiary/aromatic N) is 3. The summed E-state index contributed by atoms with van der Waals surface area (Å²) < 4.78 is 0. The molecule has 3 heterocycles. The number of aromatic nitrogens is 2. The highest BCUT2D eigenvalue weighted by molar-refractivity contribution is 7.10. The quantitative estimate of drug-likeness (QED) is 0.802. The summed E-state index contributed by atoms with van der Waals surface area (Å²) in [5.41, 5.74) is 2.52. The average Bonchev–Trinajstić information content (AvgIpc) is 2.88. The van der Waals surface area contributed by atoms with E-state index in [4.69, 9.17) is 0 Å². The molecular weight excluding hydrogens is 258 g/mol. The first-order chi connectivity index (χ1) is 9.16. The molecule has 98 valence electrons. The molecule has 0 N–H and O–H groups in total. The smallest absolute Gasteiger partial charge is 0.274 e. The highest BCUT2D eigenvalue weighted by atomic mass is 32.1. The van der Waals surface area contributed by atoms with E-state index in [-0.39, 0.29) is 11.9 Å². The maximum Gasteiger partial charge on any atom is 0.274 e. The summed E-state index contributed by atoms with van der Waals surface area (Å²) in [5, 5.41) is 2.10. The number of rotatable bonds is 1. The van der Waals surface area contributed by atoms with Crippen molar-refractivity contribution in [2.45, 2.75) is 26.3 Å². The van der Waals surface area contributed by atoms with Crippen LogP contribution in [-0.4, -0.2) is 27.3 Å². The fraction of sp³-hybridized carbons (Fsp3) is 0.357. The number of thiophene rings is 1. The summed E-state index contributed by atoms with van der Waals surface area (Å²) in [6.45, 7) is 4.69. The molecule has 0 aromatic carbocycles. The lowest BCUT2D eigenvalue weighted by atomic mass is 10.0. The second-order valence-electron chi connectivity index (χ2n) is 4.77. The minimum absolute atomic E-state index is 0.0307. The summed E-state index contributed by atoms with van der Waals surface area (Å²) in [5.74, 6) is -0.0307. The highest BCUT2D eigenvalue weighted by Crippen LogP contribution is 2.33. The minimum atomic E-state index is -0.0307. The Morgan fingerprint density at radius 2 is 2.26 bits per heavy atom. The number of carbonyl (C=O) groups excluding carboxylic acids is 1. The summed E-state index contributed by atoms with van der Waals surface area (Å²) in [6, 6.07) is 2.23. The van der Waals surface area contributed by atoms with Crippen molar-refractivity contribution < 1.29 is 4.79 Å². The Morgan fingerprint density at radius 1 is 1.42 bits per heavy atom. The molecule has 2 aromatic rings. The molecular formula is C14H15N3OS. The van der Waals surface area contributed by atoms with Gasteiger partial charge in [0.25, 0.3) is 5.91 Å². The SMILES string of the molecule is Cc1cnc(C(=O)N2CCc3sccc3C2C)cn1.